The highest BCUT2D eigenvalue weighted by molar-refractivity contribution is 6.38. The Kier molecular flexibility index (Phi) is 5.19. The lowest BCUT2D eigenvalue weighted by Crippen LogP contribution is -2.52. The largest absolute Gasteiger partial charge is 0.408 e. The van der Waals surface area contributed by atoms with Crippen LogP contribution in [0.4, 0.5) is 22.0 Å². The van der Waals surface area contributed by atoms with Gasteiger partial charge in [0.2, 0.25) is 5.92 Å². The first-order chi connectivity index (χ1) is 16.2. The molecular weight excluding hydrogens is 467 g/mol. The van der Waals surface area contributed by atoms with E-state index in [4.69, 9.17) is 4.52 Å². The molecule has 1 aliphatic carbocycles. The first kappa shape index (κ1) is 23.6. The van der Waals surface area contributed by atoms with Gasteiger partial charge in [-0.3, -0.25) is 9.67 Å². The molecule has 1 saturated carbocycles. The molecule has 0 aliphatic heterocycles. The third-order valence-electron chi connectivity index (χ3n) is 6.96. The van der Waals surface area contributed by atoms with Crippen LogP contribution in [0.15, 0.2) is 35.4 Å². The second kappa shape index (κ2) is 7.69. The van der Waals surface area contributed by atoms with Crippen molar-refractivity contribution in [2.75, 3.05) is 0 Å². The van der Waals surface area contributed by atoms with Gasteiger partial charge < -0.3 is 9.09 Å². The summed E-state index contributed by atoms with van der Waals surface area (Å²) in [5.74, 6) is -2.35. The van der Waals surface area contributed by atoms with E-state index in [1.165, 1.54) is 12.4 Å². The summed E-state index contributed by atoms with van der Waals surface area (Å²) in [4.78, 5) is 4.65. The second-order valence-electron chi connectivity index (χ2n) is 9.86. The van der Waals surface area contributed by atoms with E-state index < -0.39 is 24.0 Å². The Bertz CT molecular complexity index is 1390. The Hall–Kier alpha value is -3.11. The molecule has 13 heteroatoms. The number of fused-ring (bicyclic) bond motifs is 1. The highest BCUT2D eigenvalue weighted by atomic mass is 19.4. The van der Waals surface area contributed by atoms with Crippen LogP contribution < -0.4 is 0 Å². The molecule has 4 aromatic rings. The molecule has 0 spiro atoms. The minimum atomic E-state index is -4.41. The van der Waals surface area contributed by atoms with E-state index in [0.717, 1.165) is 15.8 Å². The number of halogens is 5. The second-order valence-corrected chi connectivity index (χ2v) is 9.86. The molecule has 0 radical (unpaired) electrons. The van der Waals surface area contributed by atoms with Gasteiger partial charge in [0.05, 0.1) is 22.9 Å². The summed E-state index contributed by atoms with van der Waals surface area (Å²) < 4.78 is 74.1. The molecule has 4 aromatic heterocycles. The zero-order chi connectivity index (χ0) is 25.3. The van der Waals surface area contributed by atoms with E-state index in [1.54, 1.807) is 19.3 Å². The molecule has 0 amide bonds. The maximum atomic E-state index is 13.8. The van der Waals surface area contributed by atoms with Crippen molar-refractivity contribution in [2.45, 2.75) is 50.7 Å². The number of hydrogen-bond donors (Lipinski definition) is 0. The van der Waals surface area contributed by atoms with Crippen molar-refractivity contribution in [3.05, 3.63) is 42.3 Å². The minimum Gasteiger partial charge on any atom is -0.361 e. The van der Waals surface area contributed by atoms with Crippen LogP contribution in [0.5, 0.6) is 0 Å². The lowest BCUT2D eigenvalue weighted by atomic mass is 9.49. The van der Waals surface area contributed by atoms with Gasteiger partial charge in [-0.2, -0.15) is 18.3 Å². The average Bonchev–Trinajstić information content (AvgIpc) is 3.41. The lowest BCUT2D eigenvalue weighted by molar-refractivity contribution is -0.142. The number of alkyl halides is 5. The predicted molar refractivity (Wildman–Crippen MR) is 125 cm³/mol. The lowest BCUT2D eigenvalue weighted by Gasteiger charge is -2.46. The first-order valence-corrected chi connectivity index (χ1v) is 11.2. The van der Waals surface area contributed by atoms with E-state index in [2.05, 4.69) is 15.2 Å². The third-order valence-corrected chi connectivity index (χ3v) is 6.96. The van der Waals surface area contributed by atoms with Gasteiger partial charge >= 0.3 is 6.18 Å². The molecule has 0 saturated heterocycles. The molecule has 1 aliphatic rings. The molecule has 1 fully saturated rings. The van der Waals surface area contributed by atoms with Gasteiger partial charge in [-0.25, -0.2) is 8.78 Å². The predicted octanol–water partition coefficient (Wildman–Crippen LogP) is 3.66. The van der Waals surface area contributed by atoms with Crippen molar-refractivity contribution >= 4 is 26.7 Å². The van der Waals surface area contributed by atoms with E-state index in [0.29, 0.717) is 33.6 Å². The fourth-order valence-corrected chi connectivity index (χ4v) is 4.95. The molecule has 5 rings (SSSR count). The topological polar surface area (TPSA) is 61.7 Å². The van der Waals surface area contributed by atoms with Gasteiger partial charge in [-0.05, 0) is 31.2 Å². The number of pyridine rings is 1. The first-order valence-electron chi connectivity index (χ1n) is 11.2. The van der Waals surface area contributed by atoms with Crippen molar-refractivity contribution in [3.8, 4) is 22.3 Å². The summed E-state index contributed by atoms with van der Waals surface area (Å²) in [7, 11) is 3.79. The van der Waals surface area contributed by atoms with Crippen LogP contribution in [0.25, 0.3) is 33.3 Å². The van der Waals surface area contributed by atoms with E-state index >= 15 is 0 Å². The van der Waals surface area contributed by atoms with Gasteiger partial charge in [-0.15, -0.1) is 0 Å². The molecule has 4 heterocycles. The summed E-state index contributed by atoms with van der Waals surface area (Å²) >= 11 is 0. The molecule has 35 heavy (non-hydrogen) atoms. The molecule has 0 atom stereocenters. The quantitative estimate of drug-likeness (QED) is 0.318. The number of rotatable bonds is 5. The Morgan fingerprint density at radius 3 is 2.43 bits per heavy atom. The summed E-state index contributed by atoms with van der Waals surface area (Å²) in [6, 6.07) is 1.90. The molecule has 0 aromatic carbocycles. The molecular formula is C22H22B2F5N5O. The molecule has 6 nitrogen and oxygen atoms in total. The van der Waals surface area contributed by atoms with Crippen LogP contribution in [0.2, 0.25) is 0 Å². The smallest absolute Gasteiger partial charge is 0.361 e. The van der Waals surface area contributed by atoms with Gasteiger partial charge in [0.25, 0.3) is 0 Å². The normalized spacial score (nSPS) is 16.7. The summed E-state index contributed by atoms with van der Waals surface area (Å²) in [5.41, 5.74) is 4.51. The van der Waals surface area contributed by atoms with Crippen molar-refractivity contribution < 1.29 is 26.5 Å². The molecule has 182 valence electrons. The van der Waals surface area contributed by atoms with Crippen LogP contribution in [0, 0.1) is 19.8 Å². The minimum absolute atomic E-state index is 0.227. The molecule has 0 bridgehead atoms. The van der Waals surface area contributed by atoms with Crippen LogP contribution in [-0.2, 0) is 11.9 Å². The van der Waals surface area contributed by atoms with Crippen molar-refractivity contribution in [3.63, 3.8) is 0 Å². The Balaban J connectivity index is 1.66. The number of hydrogen-bond acceptors (Lipinski definition) is 4. The summed E-state index contributed by atoms with van der Waals surface area (Å²) in [6.45, 7) is 2.40. The Morgan fingerprint density at radius 2 is 1.83 bits per heavy atom. The van der Waals surface area contributed by atoms with Crippen molar-refractivity contribution in [1.29, 1.82) is 0 Å². The number of aryl methyl sites for hydroxylation is 2. The van der Waals surface area contributed by atoms with Gasteiger partial charge in [-0.1, -0.05) is 5.16 Å². The van der Waals surface area contributed by atoms with E-state index in [1.807, 2.05) is 33.2 Å². The third kappa shape index (κ3) is 4.14. The number of aromatic nitrogens is 5. The fraction of sp³-hybridized carbons (Fsp3) is 0.409. The highest BCUT2D eigenvalue weighted by Gasteiger charge is 2.52. The average molecular weight is 489 g/mol. The fourth-order valence-electron chi connectivity index (χ4n) is 4.95. The molecule has 0 unspecified atom stereocenters. The highest BCUT2D eigenvalue weighted by Crippen LogP contribution is 2.49. The van der Waals surface area contributed by atoms with Crippen molar-refractivity contribution in [2.24, 2.45) is 5.92 Å². The standard InChI is InChI=1S/C22H22B2F5N5O/c1-11-18(12(2)35-32-11)13-3-17-19(30-6-13)16(14-7-31-33(8-14)10-21(27,28)29)9-34(17)22(23,24)15-4-20(25,26)5-15/h3,6-9,15H,4-5,10,23-24H2,1-2H3. The Morgan fingerprint density at radius 1 is 1.11 bits per heavy atom. The summed E-state index contributed by atoms with van der Waals surface area (Å²) in [6.07, 6.45) is 1.26. The SMILES string of the molecule is BC(B)(C1CC(F)(F)C1)n1cc(-c2cnn(CC(F)(F)F)c2)c2ncc(-c3c(C)noc3C)cc21. The monoisotopic (exact) mass is 489 g/mol. The summed E-state index contributed by atoms with van der Waals surface area (Å²) in [5, 5.41) is 7.16. The van der Waals surface area contributed by atoms with Gasteiger partial charge in [0.15, 0.2) is 0 Å². The van der Waals surface area contributed by atoms with Gasteiger partial charge in [0, 0.05) is 53.7 Å². The number of nitrogens with zero attached hydrogens (tertiary/aromatic N) is 5. The van der Waals surface area contributed by atoms with Crippen LogP contribution >= 0.6 is 0 Å². The van der Waals surface area contributed by atoms with E-state index in [-0.39, 0.29) is 18.8 Å². The van der Waals surface area contributed by atoms with Crippen LogP contribution in [0.1, 0.15) is 24.3 Å². The van der Waals surface area contributed by atoms with E-state index in [9.17, 15) is 22.0 Å². The van der Waals surface area contributed by atoms with Crippen LogP contribution in [0.3, 0.4) is 0 Å². The van der Waals surface area contributed by atoms with Gasteiger partial charge in [0.1, 0.15) is 28.0 Å². The Labute approximate surface area is 199 Å². The maximum Gasteiger partial charge on any atom is 0.408 e. The molecule has 0 N–H and O–H groups in total. The zero-order valence-corrected chi connectivity index (χ0v) is 19.6. The maximum absolute atomic E-state index is 13.8. The zero-order valence-electron chi connectivity index (χ0n) is 19.6. The van der Waals surface area contributed by atoms with Crippen molar-refractivity contribution in [1.82, 2.24) is 24.5 Å². The van der Waals surface area contributed by atoms with Crippen LogP contribution in [-0.4, -0.2) is 52.3 Å².